The first-order valence-electron chi connectivity index (χ1n) is 4.66. The van der Waals surface area contributed by atoms with Gasteiger partial charge in [-0.15, -0.1) is 0 Å². The number of hydrogen-bond donors (Lipinski definition) is 0. The lowest BCUT2D eigenvalue weighted by atomic mass is 10.1. The van der Waals surface area contributed by atoms with Gasteiger partial charge in [-0.1, -0.05) is 17.9 Å². The van der Waals surface area contributed by atoms with E-state index >= 15 is 0 Å². The van der Waals surface area contributed by atoms with Crippen molar-refractivity contribution in [2.75, 3.05) is 7.11 Å². The Hall–Kier alpha value is -1.96. The van der Waals surface area contributed by atoms with E-state index in [-0.39, 0.29) is 12.0 Å². The molecule has 1 rings (SSSR count). The maximum absolute atomic E-state index is 12.4. The molecule has 0 aliphatic rings. The zero-order valence-electron chi connectivity index (χ0n) is 8.97. The second kappa shape index (κ2) is 5.39. The van der Waals surface area contributed by atoms with Crippen molar-refractivity contribution >= 4 is 5.97 Å². The Morgan fingerprint density at radius 3 is 2.71 bits per heavy atom. The van der Waals surface area contributed by atoms with Gasteiger partial charge in [0.2, 0.25) is 0 Å². The molecule has 0 fully saturated rings. The normalized spacial score (nSPS) is 10.4. The van der Waals surface area contributed by atoms with Gasteiger partial charge in [-0.25, -0.2) is 0 Å². The number of benzene rings is 1. The van der Waals surface area contributed by atoms with E-state index in [9.17, 15) is 18.0 Å². The molecular weight excluding hydrogens is 233 g/mol. The molecule has 2 nitrogen and oxygen atoms in total. The molecule has 0 atom stereocenters. The fourth-order valence-electron chi connectivity index (χ4n) is 1.06. The Balaban J connectivity index is 2.83. The second-order valence-corrected chi connectivity index (χ2v) is 3.13. The first-order chi connectivity index (χ1) is 7.93. The third-order valence-corrected chi connectivity index (χ3v) is 1.88. The summed E-state index contributed by atoms with van der Waals surface area (Å²) < 4.78 is 41.4. The number of rotatable bonds is 1. The van der Waals surface area contributed by atoms with Crippen LogP contribution < -0.4 is 0 Å². The van der Waals surface area contributed by atoms with Gasteiger partial charge < -0.3 is 4.74 Å². The van der Waals surface area contributed by atoms with Crippen LogP contribution in [0.4, 0.5) is 13.2 Å². The molecule has 5 heteroatoms. The highest BCUT2D eigenvalue weighted by molar-refractivity contribution is 5.72. The summed E-state index contributed by atoms with van der Waals surface area (Å²) in [6, 6.07) is 4.61. The molecule has 0 radical (unpaired) electrons. The van der Waals surface area contributed by atoms with Crippen molar-refractivity contribution in [2.45, 2.75) is 12.6 Å². The van der Waals surface area contributed by atoms with E-state index in [1.165, 1.54) is 19.2 Å². The summed E-state index contributed by atoms with van der Waals surface area (Å²) in [6.45, 7) is 0. The number of alkyl halides is 3. The molecule has 0 bridgehead atoms. The Morgan fingerprint density at radius 2 is 2.12 bits per heavy atom. The van der Waals surface area contributed by atoms with Gasteiger partial charge in [0.15, 0.2) is 0 Å². The molecule has 0 aliphatic carbocycles. The van der Waals surface area contributed by atoms with E-state index in [0.717, 1.165) is 12.1 Å². The molecule has 17 heavy (non-hydrogen) atoms. The van der Waals surface area contributed by atoms with Crippen LogP contribution in [0.3, 0.4) is 0 Å². The molecule has 0 aromatic heterocycles. The molecule has 1 aromatic rings. The van der Waals surface area contributed by atoms with E-state index < -0.39 is 17.7 Å². The molecule has 0 spiro atoms. The van der Waals surface area contributed by atoms with Gasteiger partial charge in [0, 0.05) is 5.56 Å². The topological polar surface area (TPSA) is 26.3 Å². The predicted octanol–water partition coefficient (Wildman–Crippen LogP) is 2.62. The number of halogens is 3. The van der Waals surface area contributed by atoms with Gasteiger partial charge in [-0.05, 0) is 18.2 Å². The van der Waals surface area contributed by atoms with Crippen LogP contribution in [0.5, 0.6) is 0 Å². The predicted molar refractivity (Wildman–Crippen MR) is 55.0 cm³/mol. The lowest BCUT2D eigenvalue weighted by molar-refractivity contribution is -0.139. The Labute approximate surface area is 96.4 Å². The average Bonchev–Trinajstić information content (AvgIpc) is 2.28. The molecule has 0 unspecified atom stereocenters. The van der Waals surface area contributed by atoms with Crippen LogP contribution in [0.1, 0.15) is 17.5 Å². The highest BCUT2D eigenvalue weighted by Crippen LogP contribution is 2.29. The van der Waals surface area contributed by atoms with Crippen molar-refractivity contribution in [1.82, 2.24) is 0 Å². The highest BCUT2D eigenvalue weighted by Gasteiger charge is 2.30. The van der Waals surface area contributed by atoms with Gasteiger partial charge in [-0.3, -0.25) is 4.79 Å². The zero-order valence-corrected chi connectivity index (χ0v) is 8.97. The summed E-state index contributed by atoms with van der Waals surface area (Å²) in [7, 11) is 1.22. The molecule has 0 saturated carbocycles. The minimum Gasteiger partial charge on any atom is -0.468 e. The summed E-state index contributed by atoms with van der Waals surface area (Å²) in [5, 5.41) is 0. The zero-order chi connectivity index (χ0) is 12.9. The van der Waals surface area contributed by atoms with Gasteiger partial charge in [0.05, 0.1) is 12.7 Å². The SMILES string of the molecule is COC(=O)CC#Cc1cccc(C(F)(F)F)c1. The van der Waals surface area contributed by atoms with Crippen molar-refractivity contribution in [3.05, 3.63) is 35.4 Å². The number of ether oxygens (including phenoxy) is 1. The highest BCUT2D eigenvalue weighted by atomic mass is 19.4. The van der Waals surface area contributed by atoms with E-state index in [1.54, 1.807) is 0 Å². The molecule has 0 aliphatic heterocycles. The Bertz CT molecular complexity index is 467. The third kappa shape index (κ3) is 4.19. The largest absolute Gasteiger partial charge is 0.468 e. The van der Waals surface area contributed by atoms with Gasteiger partial charge in [-0.2, -0.15) is 13.2 Å². The summed E-state index contributed by atoms with van der Waals surface area (Å²) in [6.07, 6.45) is -4.53. The van der Waals surface area contributed by atoms with Gasteiger partial charge in [0.1, 0.15) is 6.42 Å². The molecule has 1 aromatic carbocycles. The van der Waals surface area contributed by atoms with Crippen LogP contribution >= 0.6 is 0 Å². The Kier molecular flexibility index (Phi) is 4.16. The van der Waals surface area contributed by atoms with E-state index in [1.807, 2.05) is 0 Å². The van der Waals surface area contributed by atoms with Crippen molar-refractivity contribution in [3.8, 4) is 11.8 Å². The molecule has 0 heterocycles. The second-order valence-electron chi connectivity index (χ2n) is 3.13. The fraction of sp³-hybridized carbons (Fsp3) is 0.250. The van der Waals surface area contributed by atoms with Crippen LogP contribution in [0, 0.1) is 11.8 Å². The van der Waals surface area contributed by atoms with E-state index in [2.05, 4.69) is 16.6 Å². The molecule has 0 amide bonds. The number of carbonyl (C=O) groups excluding carboxylic acids is 1. The van der Waals surface area contributed by atoms with Gasteiger partial charge >= 0.3 is 12.1 Å². The van der Waals surface area contributed by atoms with Crippen LogP contribution in [-0.2, 0) is 15.7 Å². The summed E-state index contributed by atoms with van der Waals surface area (Å²) in [5.41, 5.74) is -0.550. The lowest BCUT2D eigenvalue weighted by Gasteiger charge is -2.05. The van der Waals surface area contributed by atoms with Crippen LogP contribution in [-0.4, -0.2) is 13.1 Å². The molecular formula is C12H9F3O2. The van der Waals surface area contributed by atoms with E-state index in [4.69, 9.17) is 0 Å². The minimum absolute atomic E-state index is 0.146. The molecule has 0 N–H and O–H groups in total. The number of carbonyl (C=O) groups is 1. The maximum Gasteiger partial charge on any atom is 0.416 e. The van der Waals surface area contributed by atoms with Crippen molar-refractivity contribution in [1.29, 1.82) is 0 Å². The monoisotopic (exact) mass is 242 g/mol. The summed E-state index contributed by atoms with van der Waals surface area (Å²) in [4.78, 5) is 10.7. The summed E-state index contributed by atoms with van der Waals surface area (Å²) >= 11 is 0. The fourth-order valence-corrected chi connectivity index (χ4v) is 1.06. The Morgan fingerprint density at radius 1 is 1.41 bits per heavy atom. The lowest BCUT2D eigenvalue weighted by Crippen LogP contribution is -2.04. The minimum atomic E-state index is -4.39. The maximum atomic E-state index is 12.4. The number of hydrogen-bond acceptors (Lipinski definition) is 2. The number of esters is 1. The van der Waals surface area contributed by atoms with Crippen LogP contribution in [0.2, 0.25) is 0 Å². The first-order valence-corrected chi connectivity index (χ1v) is 4.66. The quantitative estimate of drug-likeness (QED) is 0.559. The first kappa shape index (κ1) is 13.1. The number of methoxy groups -OCH3 is 1. The molecule has 0 saturated heterocycles. The standard InChI is InChI=1S/C12H9F3O2/c1-17-11(16)7-3-5-9-4-2-6-10(8-9)12(13,14)15/h2,4,6,8H,7H2,1H3. The van der Waals surface area contributed by atoms with Gasteiger partial charge in [0.25, 0.3) is 0 Å². The van der Waals surface area contributed by atoms with Crippen molar-refractivity contribution in [3.63, 3.8) is 0 Å². The molecule has 90 valence electrons. The third-order valence-electron chi connectivity index (χ3n) is 1.88. The van der Waals surface area contributed by atoms with Crippen LogP contribution in [0.25, 0.3) is 0 Å². The average molecular weight is 242 g/mol. The van der Waals surface area contributed by atoms with Crippen molar-refractivity contribution in [2.24, 2.45) is 0 Å². The smallest absolute Gasteiger partial charge is 0.416 e. The summed E-state index contributed by atoms with van der Waals surface area (Å²) in [5.74, 6) is 4.39. The van der Waals surface area contributed by atoms with Crippen molar-refractivity contribution < 1.29 is 22.7 Å². The van der Waals surface area contributed by atoms with E-state index in [0.29, 0.717) is 0 Å². The van der Waals surface area contributed by atoms with Crippen LogP contribution in [0.15, 0.2) is 24.3 Å².